The summed E-state index contributed by atoms with van der Waals surface area (Å²) < 4.78 is 29.0. The highest BCUT2D eigenvalue weighted by atomic mass is 19.1. The third-order valence-corrected chi connectivity index (χ3v) is 3.68. The lowest BCUT2D eigenvalue weighted by Gasteiger charge is -2.14. The molecule has 1 atom stereocenters. The summed E-state index contributed by atoms with van der Waals surface area (Å²) in [6.07, 6.45) is 2.29. The van der Waals surface area contributed by atoms with Gasteiger partial charge in [-0.3, -0.25) is 0 Å². The normalized spacial score (nSPS) is 12.3. The summed E-state index contributed by atoms with van der Waals surface area (Å²) in [5, 5.41) is 17.2. The van der Waals surface area contributed by atoms with E-state index in [4.69, 9.17) is 0 Å². The second kappa shape index (κ2) is 7.33. The van der Waals surface area contributed by atoms with E-state index in [-0.39, 0.29) is 12.1 Å². The quantitative estimate of drug-likeness (QED) is 0.731. The molecule has 2 aromatic carbocycles. The first-order chi connectivity index (χ1) is 11.6. The van der Waals surface area contributed by atoms with Gasteiger partial charge in [-0.05, 0) is 35.9 Å². The molecule has 0 bridgehead atoms. The van der Waals surface area contributed by atoms with Crippen molar-refractivity contribution in [3.8, 4) is 5.69 Å². The molecule has 0 aliphatic heterocycles. The van der Waals surface area contributed by atoms with Crippen LogP contribution in [0.25, 0.3) is 5.69 Å². The molecule has 6 heteroatoms. The summed E-state index contributed by atoms with van der Waals surface area (Å²) in [4.78, 5) is 0. The van der Waals surface area contributed by atoms with Gasteiger partial charge in [0.1, 0.15) is 11.6 Å². The standard InChI is InChI=1S/C18H17F2N3O/c19-15-6-2-7-16(20)18(15)17(24)12-21-11-13-4-1-5-14(10-13)23-9-3-8-22-23/h1-10,17,21,24H,11-12H2. The average Bonchev–Trinajstić information content (AvgIpc) is 3.09. The van der Waals surface area contributed by atoms with Crippen molar-refractivity contribution in [3.05, 3.63) is 83.7 Å². The smallest absolute Gasteiger partial charge is 0.131 e. The van der Waals surface area contributed by atoms with Gasteiger partial charge in [-0.1, -0.05) is 18.2 Å². The van der Waals surface area contributed by atoms with Gasteiger partial charge < -0.3 is 10.4 Å². The Hall–Kier alpha value is -2.57. The Morgan fingerprint density at radius 1 is 1.08 bits per heavy atom. The number of nitrogens with one attached hydrogen (secondary N) is 1. The first-order valence-electron chi connectivity index (χ1n) is 7.57. The fourth-order valence-corrected chi connectivity index (χ4v) is 2.51. The number of benzene rings is 2. The van der Waals surface area contributed by atoms with E-state index in [9.17, 15) is 13.9 Å². The number of aliphatic hydroxyl groups excluding tert-OH is 1. The Labute approximate surface area is 138 Å². The zero-order chi connectivity index (χ0) is 16.9. The maximum absolute atomic E-state index is 13.6. The number of hydrogen-bond acceptors (Lipinski definition) is 3. The van der Waals surface area contributed by atoms with Crippen molar-refractivity contribution in [3.63, 3.8) is 0 Å². The third kappa shape index (κ3) is 3.67. The minimum Gasteiger partial charge on any atom is -0.387 e. The van der Waals surface area contributed by atoms with Crippen molar-refractivity contribution in [2.45, 2.75) is 12.6 Å². The van der Waals surface area contributed by atoms with Gasteiger partial charge in [0.05, 0.1) is 17.4 Å². The van der Waals surface area contributed by atoms with Crippen LogP contribution in [0.2, 0.25) is 0 Å². The number of aromatic nitrogens is 2. The Kier molecular flexibility index (Phi) is 4.98. The van der Waals surface area contributed by atoms with Crippen molar-refractivity contribution >= 4 is 0 Å². The highest BCUT2D eigenvalue weighted by Gasteiger charge is 2.17. The zero-order valence-electron chi connectivity index (χ0n) is 12.9. The Bertz CT molecular complexity index is 786. The van der Waals surface area contributed by atoms with E-state index in [1.54, 1.807) is 10.9 Å². The number of aliphatic hydroxyl groups is 1. The largest absolute Gasteiger partial charge is 0.387 e. The molecule has 0 amide bonds. The molecule has 4 nitrogen and oxygen atoms in total. The lowest BCUT2D eigenvalue weighted by molar-refractivity contribution is 0.164. The fourth-order valence-electron chi connectivity index (χ4n) is 2.51. The van der Waals surface area contributed by atoms with Gasteiger partial charge >= 0.3 is 0 Å². The van der Waals surface area contributed by atoms with E-state index in [0.717, 1.165) is 23.4 Å². The molecule has 0 saturated heterocycles. The van der Waals surface area contributed by atoms with Gasteiger partial charge in [-0.15, -0.1) is 0 Å². The monoisotopic (exact) mass is 329 g/mol. The Balaban J connectivity index is 1.61. The maximum atomic E-state index is 13.6. The van der Waals surface area contributed by atoms with Gasteiger partial charge in [0.25, 0.3) is 0 Å². The predicted octanol–water partition coefficient (Wildman–Crippen LogP) is 2.97. The van der Waals surface area contributed by atoms with Crippen molar-refractivity contribution in [1.29, 1.82) is 0 Å². The van der Waals surface area contributed by atoms with Crippen LogP contribution in [0.15, 0.2) is 60.9 Å². The Morgan fingerprint density at radius 3 is 2.54 bits per heavy atom. The van der Waals surface area contributed by atoms with Crippen molar-refractivity contribution < 1.29 is 13.9 Å². The van der Waals surface area contributed by atoms with Crippen LogP contribution >= 0.6 is 0 Å². The second-order valence-corrected chi connectivity index (χ2v) is 5.40. The highest BCUT2D eigenvalue weighted by Crippen LogP contribution is 2.20. The molecule has 0 aliphatic rings. The van der Waals surface area contributed by atoms with Crippen molar-refractivity contribution in [1.82, 2.24) is 15.1 Å². The van der Waals surface area contributed by atoms with Gasteiger partial charge in [0, 0.05) is 25.5 Å². The molecule has 0 radical (unpaired) electrons. The zero-order valence-corrected chi connectivity index (χ0v) is 12.9. The second-order valence-electron chi connectivity index (χ2n) is 5.40. The molecule has 1 heterocycles. The number of hydrogen-bond donors (Lipinski definition) is 2. The summed E-state index contributed by atoms with van der Waals surface area (Å²) in [5.74, 6) is -1.49. The van der Waals surface area contributed by atoms with Crippen LogP contribution in [-0.4, -0.2) is 21.4 Å². The van der Waals surface area contributed by atoms with Crippen molar-refractivity contribution in [2.24, 2.45) is 0 Å². The van der Waals surface area contributed by atoms with Crippen LogP contribution < -0.4 is 5.32 Å². The third-order valence-electron chi connectivity index (χ3n) is 3.68. The minimum absolute atomic E-state index is 0.0455. The fraction of sp³-hybridized carbons (Fsp3) is 0.167. The Morgan fingerprint density at radius 2 is 1.83 bits per heavy atom. The highest BCUT2D eigenvalue weighted by molar-refractivity contribution is 5.35. The molecule has 124 valence electrons. The van der Waals surface area contributed by atoms with Crippen LogP contribution in [0.5, 0.6) is 0 Å². The van der Waals surface area contributed by atoms with E-state index in [2.05, 4.69) is 10.4 Å². The van der Waals surface area contributed by atoms with E-state index in [1.807, 2.05) is 36.5 Å². The number of nitrogens with zero attached hydrogens (tertiary/aromatic N) is 2. The molecular weight excluding hydrogens is 312 g/mol. The molecule has 3 rings (SSSR count). The van der Waals surface area contributed by atoms with Gasteiger partial charge in [0.2, 0.25) is 0 Å². The summed E-state index contributed by atoms with van der Waals surface area (Å²) in [6, 6.07) is 13.1. The first kappa shape index (κ1) is 16.3. The molecule has 0 saturated carbocycles. The summed E-state index contributed by atoms with van der Waals surface area (Å²) in [6.45, 7) is 0.506. The van der Waals surface area contributed by atoms with Crippen LogP contribution in [0.4, 0.5) is 8.78 Å². The van der Waals surface area contributed by atoms with E-state index in [1.165, 1.54) is 6.07 Å². The maximum Gasteiger partial charge on any atom is 0.131 e. The average molecular weight is 329 g/mol. The van der Waals surface area contributed by atoms with Crippen molar-refractivity contribution in [2.75, 3.05) is 6.54 Å². The van der Waals surface area contributed by atoms with Gasteiger partial charge in [0.15, 0.2) is 0 Å². The van der Waals surface area contributed by atoms with Crippen LogP contribution in [0.3, 0.4) is 0 Å². The van der Waals surface area contributed by atoms with Gasteiger partial charge in [-0.25, -0.2) is 13.5 Å². The predicted molar refractivity (Wildman–Crippen MR) is 86.6 cm³/mol. The number of halogens is 2. The molecule has 24 heavy (non-hydrogen) atoms. The molecule has 1 aromatic heterocycles. The van der Waals surface area contributed by atoms with E-state index >= 15 is 0 Å². The molecule has 3 aromatic rings. The van der Waals surface area contributed by atoms with Crippen LogP contribution in [-0.2, 0) is 6.54 Å². The SMILES string of the molecule is OC(CNCc1cccc(-n2cccn2)c1)c1c(F)cccc1F. The molecule has 2 N–H and O–H groups in total. The lowest BCUT2D eigenvalue weighted by Crippen LogP contribution is -2.22. The van der Waals surface area contributed by atoms with E-state index < -0.39 is 17.7 Å². The molecule has 0 aliphatic carbocycles. The van der Waals surface area contributed by atoms with Gasteiger partial charge in [-0.2, -0.15) is 5.10 Å². The first-order valence-corrected chi connectivity index (χ1v) is 7.57. The van der Waals surface area contributed by atoms with Crippen LogP contribution in [0, 0.1) is 11.6 Å². The van der Waals surface area contributed by atoms with Crippen LogP contribution in [0.1, 0.15) is 17.2 Å². The molecule has 0 spiro atoms. The summed E-state index contributed by atoms with van der Waals surface area (Å²) in [7, 11) is 0. The summed E-state index contributed by atoms with van der Waals surface area (Å²) >= 11 is 0. The molecule has 0 fully saturated rings. The number of rotatable bonds is 6. The topological polar surface area (TPSA) is 50.1 Å². The molecule has 1 unspecified atom stereocenters. The van der Waals surface area contributed by atoms with E-state index in [0.29, 0.717) is 6.54 Å². The lowest BCUT2D eigenvalue weighted by atomic mass is 10.1. The molecular formula is C18H17F2N3O. The minimum atomic E-state index is -1.25. The summed E-state index contributed by atoms with van der Waals surface area (Å²) in [5.41, 5.74) is 1.58.